The maximum absolute atomic E-state index is 10.6. The molecule has 0 amide bonds. The largest absolute Gasteiger partial charge is 0.363 e. The molecule has 14 heavy (non-hydrogen) atoms. The van der Waals surface area contributed by atoms with Crippen molar-refractivity contribution in [2.45, 2.75) is 12.7 Å². The quantitative estimate of drug-likeness (QED) is 0.499. The van der Waals surface area contributed by atoms with Crippen LogP contribution in [0.15, 0.2) is 6.20 Å². The van der Waals surface area contributed by atoms with Crippen molar-refractivity contribution >= 4 is 15.9 Å². The highest BCUT2D eigenvalue weighted by atomic mass is 32.2. The third-order valence-corrected chi connectivity index (χ3v) is 2.48. The van der Waals surface area contributed by atoms with E-state index in [1.807, 2.05) is 0 Å². The highest BCUT2D eigenvalue weighted by Crippen LogP contribution is 2.09. The van der Waals surface area contributed by atoms with E-state index >= 15 is 0 Å². The van der Waals surface area contributed by atoms with Crippen LogP contribution in [0.4, 0.5) is 5.82 Å². The number of nitrogens with zero attached hydrogens (tertiary/aromatic N) is 2. The van der Waals surface area contributed by atoms with Crippen LogP contribution in [-0.2, 0) is 22.9 Å². The van der Waals surface area contributed by atoms with Crippen LogP contribution in [0.1, 0.15) is 11.4 Å². The lowest BCUT2D eigenvalue weighted by Crippen LogP contribution is -2.34. The Kier molecular flexibility index (Phi) is 2.72. The monoisotopic (exact) mass is 218 g/mol. The minimum absolute atomic E-state index is 0.123. The van der Waals surface area contributed by atoms with Gasteiger partial charge in [0.1, 0.15) is 11.9 Å². The highest BCUT2D eigenvalue weighted by molar-refractivity contribution is 7.85. The summed E-state index contributed by atoms with van der Waals surface area (Å²) in [4.78, 5) is 3.92. The fourth-order valence-electron chi connectivity index (χ4n) is 1.03. The number of aryl methyl sites for hydroxylation is 2. The van der Waals surface area contributed by atoms with E-state index in [1.54, 1.807) is 18.5 Å². The molecule has 0 aliphatic heterocycles. The lowest BCUT2D eigenvalue weighted by molar-refractivity contribution is -0.681. The summed E-state index contributed by atoms with van der Waals surface area (Å²) >= 11 is 0. The average molecular weight is 218 g/mol. The van der Waals surface area contributed by atoms with Gasteiger partial charge in [-0.05, 0) is 4.98 Å². The Bertz CT molecular complexity index is 455. The van der Waals surface area contributed by atoms with E-state index in [9.17, 15) is 8.42 Å². The number of nitrogen functional groups attached to an aromatic ring is 1. The first kappa shape index (κ1) is 10.9. The second kappa shape index (κ2) is 3.50. The van der Waals surface area contributed by atoms with Gasteiger partial charge in [0, 0.05) is 6.92 Å². The highest BCUT2D eigenvalue weighted by Gasteiger charge is 2.17. The summed E-state index contributed by atoms with van der Waals surface area (Å²) in [6.45, 7) is 1.74. The zero-order chi connectivity index (χ0) is 10.9. The number of anilines is 1. The molecule has 0 unspecified atom stereocenters. The minimum Gasteiger partial charge on any atom is -0.363 e. The van der Waals surface area contributed by atoms with E-state index in [2.05, 4.69) is 4.98 Å². The molecular formula is C7H12N3O3S+. The molecular weight excluding hydrogens is 206 g/mol. The molecule has 0 atom stereocenters. The number of hydrogen-bond acceptors (Lipinski definition) is 4. The van der Waals surface area contributed by atoms with Gasteiger partial charge in [-0.15, -0.1) is 0 Å². The Morgan fingerprint density at radius 3 is 2.71 bits per heavy atom. The van der Waals surface area contributed by atoms with Crippen molar-refractivity contribution in [3.8, 4) is 0 Å². The van der Waals surface area contributed by atoms with Crippen molar-refractivity contribution in [2.75, 3.05) is 5.73 Å². The van der Waals surface area contributed by atoms with Gasteiger partial charge in [-0.2, -0.15) is 8.42 Å². The van der Waals surface area contributed by atoms with Crippen LogP contribution < -0.4 is 10.3 Å². The normalized spacial score (nSPS) is 11.6. The maximum atomic E-state index is 10.6. The third-order valence-electron chi connectivity index (χ3n) is 1.81. The Balaban J connectivity index is 3.17. The van der Waals surface area contributed by atoms with E-state index < -0.39 is 15.9 Å². The van der Waals surface area contributed by atoms with Gasteiger partial charge in [-0.3, -0.25) is 4.55 Å². The van der Waals surface area contributed by atoms with Crippen LogP contribution in [0.25, 0.3) is 0 Å². The summed E-state index contributed by atoms with van der Waals surface area (Å²) in [5, 5.41) is 0. The van der Waals surface area contributed by atoms with Gasteiger partial charge < -0.3 is 5.73 Å². The first-order chi connectivity index (χ1) is 6.29. The van der Waals surface area contributed by atoms with E-state index in [-0.39, 0.29) is 5.82 Å². The van der Waals surface area contributed by atoms with Crippen molar-refractivity contribution in [1.82, 2.24) is 4.98 Å². The molecule has 0 radical (unpaired) electrons. The Morgan fingerprint density at radius 1 is 1.64 bits per heavy atom. The molecule has 0 aliphatic carbocycles. The van der Waals surface area contributed by atoms with Gasteiger partial charge >= 0.3 is 0 Å². The molecule has 0 bridgehead atoms. The Labute approximate surface area is 82.1 Å². The van der Waals surface area contributed by atoms with E-state index in [1.165, 1.54) is 6.20 Å². The molecule has 0 spiro atoms. The predicted octanol–water partition coefficient (Wildman–Crippen LogP) is -0.815. The fraction of sp³-hybridized carbons (Fsp3) is 0.429. The smallest absolute Gasteiger partial charge is 0.297 e. The minimum atomic E-state index is -4.06. The molecule has 1 heterocycles. The van der Waals surface area contributed by atoms with Crippen LogP contribution in [-0.4, -0.2) is 18.0 Å². The van der Waals surface area contributed by atoms with E-state index in [4.69, 9.17) is 10.3 Å². The first-order valence-electron chi connectivity index (χ1n) is 3.86. The van der Waals surface area contributed by atoms with Crippen molar-refractivity contribution in [1.29, 1.82) is 0 Å². The topological polar surface area (TPSA) is 97.2 Å². The predicted molar refractivity (Wildman–Crippen MR) is 49.8 cm³/mol. The summed E-state index contributed by atoms with van der Waals surface area (Å²) in [7, 11) is -2.35. The van der Waals surface area contributed by atoms with Crippen LogP contribution in [0.5, 0.6) is 0 Å². The lowest BCUT2D eigenvalue weighted by Gasteiger charge is -2.00. The van der Waals surface area contributed by atoms with Gasteiger partial charge in [0.05, 0.1) is 12.6 Å². The zero-order valence-electron chi connectivity index (χ0n) is 7.93. The van der Waals surface area contributed by atoms with Gasteiger partial charge in [0.15, 0.2) is 0 Å². The second-order valence-electron chi connectivity index (χ2n) is 3.04. The molecule has 3 N–H and O–H groups in total. The number of nitrogens with two attached hydrogens (primary N) is 1. The Morgan fingerprint density at radius 2 is 2.21 bits per heavy atom. The van der Waals surface area contributed by atoms with Gasteiger partial charge in [-0.25, -0.2) is 4.57 Å². The van der Waals surface area contributed by atoms with Crippen LogP contribution in [0, 0.1) is 6.92 Å². The van der Waals surface area contributed by atoms with Crippen molar-refractivity contribution < 1.29 is 17.5 Å². The third kappa shape index (κ3) is 2.64. The summed E-state index contributed by atoms with van der Waals surface area (Å²) in [5.41, 5.74) is 5.79. The summed E-state index contributed by atoms with van der Waals surface area (Å²) in [6.07, 6.45) is 1.53. The number of hydrogen-bond donors (Lipinski definition) is 2. The maximum Gasteiger partial charge on any atom is 0.297 e. The molecule has 78 valence electrons. The number of aromatic nitrogens is 2. The number of rotatable bonds is 2. The molecule has 1 aromatic rings. The molecule has 7 heteroatoms. The first-order valence-corrected chi connectivity index (χ1v) is 5.47. The van der Waals surface area contributed by atoms with E-state index in [0.29, 0.717) is 11.4 Å². The molecule has 0 aliphatic rings. The molecule has 1 aromatic heterocycles. The van der Waals surface area contributed by atoms with Crippen LogP contribution in [0.3, 0.4) is 0 Å². The summed E-state index contributed by atoms with van der Waals surface area (Å²) < 4.78 is 31.5. The molecule has 0 saturated carbocycles. The van der Waals surface area contributed by atoms with Gasteiger partial charge in [-0.1, -0.05) is 0 Å². The van der Waals surface area contributed by atoms with Crippen molar-refractivity contribution in [2.24, 2.45) is 7.05 Å². The molecule has 0 aromatic carbocycles. The zero-order valence-corrected chi connectivity index (χ0v) is 8.74. The van der Waals surface area contributed by atoms with Crippen LogP contribution in [0.2, 0.25) is 0 Å². The standard InChI is InChI=1S/C7H11N3O3S/c1-5-9-7(8)6(3-10(5)2)4-14(11,12)13/h3,8H,4H2,1-2H3,(H,11,12,13)/p+1. The summed E-state index contributed by atoms with van der Waals surface area (Å²) in [5.74, 6) is 0.278. The average Bonchev–Trinajstić information content (AvgIpc) is 1.97. The Hall–Kier alpha value is -1.21. The van der Waals surface area contributed by atoms with E-state index in [0.717, 1.165) is 0 Å². The SMILES string of the molecule is Cc1nc(N)c(CS(=O)(=O)O)c[n+]1C. The molecule has 1 rings (SSSR count). The molecule has 6 nitrogen and oxygen atoms in total. The van der Waals surface area contributed by atoms with Gasteiger partial charge in [0.2, 0.25) is 5.82 Å². The van der Waals surface area contributed by atoms with Crippen LogP contribution >= 0.6 is 0 Å². The van der Waals surface area contributed by atoms with Crippen molar-refractivity contribution in [3.63, 3.8) is 0 Å². The van der Waals surface area contributed by atoms with Gasteiger partial charge in [0.25, 0.3) is 15.9 Å². The molecule has 0 fully saturated rings. The van der Waals surface area contributed by atoms with Crippen molar-refractivity contribution in [3.05, 3.63) is 17.6 Å². The molecule has 0 saturated heterocycles. The summed E-state index contributed by atoms with van der Waals surface area (Å²) in [6, 6.07) is 0. The lowest BCUT2D eigenvalue weighted by atomic mass is 10.3. The second-order valence-corrected chi connectivity index (χ2v) is 4.49. The fourth-order valence-corrected chi connectivity index (χ4v) is 1.64.